The van der Waals surface area contributed by atoms with E-state index in [1.165, 1.54) is 18.2 Å². The van der Waals surface area contributed by atoms with E-state index in [-0.39, 0.29) is 11.5 Å². The summed E-state index contributed by atoms with van der Waals surface area (Å²) in [6.07, 6.45) is -0.0361. The normalized spacial score (nSPS) is 9.73. The Hall–Kier alpha value is -1.53. The molecule has 1 aromatic rings. The van der Waals surface area contributed by atoms with Crippen molar-refractivity contribution in [1.29, 1.82) is 0 Å². The van der Waals surface area contributed by atoms with Crippen molar-refractivity contribution in [3.8, 4) is 0 Å². The fourth-order valence-corrected chi connectivity index (χ4v) is 1.13. The first-order valence-corrected chi connectivity index (χ1v) is 4.53. The molecule has 15 heavy (non-hydrogen) atoms. The lowest BCUT2D eigenvalue weighted by atomic mass is 10.1. The number of halogens is 1. The molecule has 0 heterocycles. The SMILES string of the molecule is NC(=S)N(N)C(=O)Cc1cccc(F)c1. The van der Waals surface area contributed by atoms with Gasteiger partial charge >= 0.3 is 0 Å². The van der Waals surface area contributed by atoms with Crippen LogP contribution in [0.1, 0.15) is 5.56 Å². The predicted octanol–water partition coefficient (Wildman–Crippen LogP) is 0.314. The van der Waals surface area contributed by atoms with Crippen molar-refractivity contribution in [2.24, 2.45) is 11.6 Å². The van der Waals surface area contributed by atoms with Crippen LogP contribution < -0.4 is 11.6 Å². The molecule has 0 aliphatic heterocycles. The summed E-state index contributed by atoms with van der Waals surface area (Å²) in [7, 11) is 0. The zero-order valence-electron chi connectivity index (χ0n) is 7.81. The summed E-state index contributed by atoms with van der Waals surface area (Å²) in [5.74, 6) is 4.39. The minimum Gasteiger partial charge on any atom is -0.375 e. The molecule has 1 rings (SSSR count). The number of hydrogen-bond donors (Lipinski definition) is 2. The quantitative estimate of drug-likeness (QED) is 0.330. The molecular formula is C9H10FN3OS. The van der Waals surface area contributed by atoms with E-state index in [2.05, 4.69) is 12.2 Å². The van der Waals surface area contributed by atoms with E-state index in [1.54, 1.807) is 6.07 Å². The summed E-state index contributed by atoms with van der Waals surface area (Å²) in [6.45, 7) is 0. The molecule has 0 atom stereocenters. The Bertz CT molecular complexity index is 397. The highest BCUT2D eigenvalue weighted by molar-refractivity contribution is 7.80. The van der Waals surface area contributed by atoms with Gasteiger partial charge in [0.25, 0.3) is 0 Å². The molecule has 0 saturated heterocycles. The fraction of sp³-hybridized carbons (Fsp3) is 0.111. The second-order valence-electron chi connectivity index (χ2n) is 2.91. The van der Waals surface area contributed by atoms with Crippen molar-refractivity contribution in [2.45, 2.75) is 6.42 Å². The van der Waals surface area contributed by atoms with Gasteiger partial charge in [-0.15, -0.1) is 0 Å². The van der Waals surface area contributed by atoms with Crippen molar-refractivity contribution >= 4 is 23.2 Å². The maximum atomic E-state index is 12.8. The number of thiocarbonyl (C=S) groups is 1. The third-order valence-electron chi connectivity index (χ3n) is 1.75. The molecule has 0 fully saturated rings. The molecule has 1 aromatic carbocycles. The van der Waals surface area contributed by atoms with Crippen LogP contribution in [-0.4, -0.2) is 16.0 Å². The first kappa shape index (κ1) is 11.5. The van der Waals surface area contributed by atoms with E-state index in [0.717, 1.165) is 0 Å². The minimum atomic E-state index is -0.479. The lowest BCUT2D eigenvalue weighted by Gasteiger charge is -2.13. The molecule has 80 valence electrons. The Balaban J connectivity index is 2.70. The summed E-state index contributed by atoms with van der Waals surface area (Å²) in [5.41, 5.74) is 5.68. The van der Waals surface area contributed by atoms with Gasteiger partial charge in [-0.1, -0.05) is 12.1 Å². The van der Waals surface area contributed by atoms with Crippen LogP contribution in [0.3, 0.4) is 0 Å². The molecule has 1 amide bonds. The highest BCUT2D eigenvalue weighted by Gasteiger charge is 2.12. The smallest absolute Gasteiger partial charge is 0.247 e. The van der Waals surface area contributed by atoms with E-state index < -0.39 is 11.7 Å². The molecular weight excluding hydrogens is 217 g/mol. The number of nitrogens with zero attached hydrogens (tertiary/aromatic N) is 1. The number of benzene rings is 1. The average molecular weight is 227 g/mol. The van der Waals surface area contributed by atoms with Crippen LogP contribution in [0.15, 0.2) is 24.3 Å². The highest BCUT2D eigenvalue weighted by atomic mass is 32.1. The number of carbonyl (C=O) groups is 1. The van der Waals surface area contributed by atoms with Crippen LogP contribution in [0.5, 0.6) is 0 Å². The van der Waals surface area contributed by atoms with Gasteiger partial charge in [0, 0.05) is 0 Å². The van der Waals surface area contributed by atoms with Gasteiger partial charge in [0.05, 0.1) is 6.42 Å². The molecule has 0 aromatic heterocycles. The van der Waals surface area contributed by atoms with Gasteiger partial charge < -0.3 is 5.73 Å². The minimum absolute atomic E-state index is 0.0361. The van der Waals surface area contributed by atoms with Crippen molar-refractivity contribution in [2.75, 3.05) is 0 Å². The van der Waals surface area contributed by atoms with E-state index in [4.69, 9.17) is 11.6 Å². The number of rotatable bonds is 2. The molecule has 0 aliphatic carbocycles. The average Bonchev–Trinajstić information content (AvgIpc) is 2.16. The van der Waals surface area contributed by atoms with Gasteiger partial charge in [0.1, 0.15) is 5.82 Å². The van der Waals surface area contributed by atoms with E-state index in [0.29, 0.717) is 10.6 Å². The summed E-state index contributed by atoms with van der Waals surface area (Å²) in [4.78, 5) is 11.4. The molecule has 0 radical (unpaired) electrons. The first-order valence-electron chi connectivity index (χ1n) is 4.12. The second kappa shape index (κ2) is 4.81. The van der Waals surface area contributed by atoms with E-state index in [1.807, 2.05) is 0 Å². The Morgan fingerprint density at radius 2 is 2.20 bits per heavy atom. The molecule has 4 N–H and O–H groups in total. The third-order valence-corrected chi connectivity index (χ3v) is 1.95. The van der Waals surface area contributed by atoms with Crippen LogP contribution in [0.4, 0.5) is 4.39 Å². The summed E-state index contributed by atoms with van der Waals surface area (Å²) in [6, 6.07) is 5.68. The van der Waals surface area contributed by atoms with Gasteiger partial charge in [-0.2, -0.15) is 0 Å². The molecule has 0 unspecified atom stereocenters. The Morgan fingerprint density at radius 1 is 1.53 bits per heavy atom. The Labute approximate surface area is 91.6 Å². The number of amides is 1. The van der Waals surface area contributed by atoms with Crippen LogP contribution in [-0.2, 0) is 11.2 Å². The topological polar surface area (TPSA) is 72.3 Å². The first-order chi connectivity index (χ1) is 7.00. The molecule has 4 nitrogen and oxygen atoms in total. The van der Waals surface area contributed by atoms with Gasteiger partial charge in [-0.25, -0.2) is 15.2 Å². The van der Waals surface area contributed by atoms with Crippen LogP contribution in [0, 0.1) is 5.82 Å². The number of hydrazine groups is 1. The van der Waals surface area contributed by atoms with Crippen molar-refractivity contribution in [3.63, 3.8) is 0 Å². The zero-order valence-corrected chi connectivity index (χ0v) is 8.63. The molecule has 0 saturated carbocycles. The maximum absolute atomic E-state index is 12.8. The molecule has 6 heteroatoms. The van der Waals surface area contributed by atoms with E-state index in [9.17, 15) is 9.18 Å². The number of carbonyl (C=O) groups excluding carboxylic acids is 1. The van der Waals surface area contributed by atoms with Gasteiger partial charge in [0.15, 0.2) is 5.11 Å². The third kappa shape index (κ3) is 3.26. The van der Waals surface area contributed by atoms with Crippen molar-refractivity contribution in [1.82, 2.24) is 5.01 Å². The zero-order chi connectivity index (χ0) is 11.4. The standard InChI is InChI=1S/C9H10FN3OS/c10-7-3-1-2-6(4-7)5-8(14)13(12)9(11)15/h1-4H,5,12H2,(H2,11,15). The Morgan fingerprint density at radius 3 is 2.73 bits per heavy atom. The summed E-state index contributed by atoms with van der Waals surface area (Å²) in [5, 5.41) is 0.455. The maximum Gasteiger partial charge on any atom is 0.247 e. The fourth-order valence-electron chi connectivity index (χ4n) is 1.03. The number of hydrogen-bond acceptors (Lipinski definition) is 3. The molecule has 0 bridgehead atoms. The summed E-state index contributed by atoms with van der Waals surface area (Å²) < 4.78 is 12.8. The van der Waals surface area contributed by atoms with Crippen LogP contribution in [0.2, 0.25) is 0 Å². The lowest BCUT2D eigenvalue weighted by molar-refractivity contribution is -0.126. The largest absolute Gasteiger partial charge is 0.375 e. The van der Waals surface area contributed by atoms with Gasteiger partial charge in [-0.05, 0) is 29.9 Å². The predicted molar refractivity (Wildman–Crippen MR) is 57.9 cm³/mol. The second-order valence-corrected chi connectivity index (χ2v) is 3.33. The number of nitrogens with two attached hydrogens (primary N) is 2. The Kier molecular flexibility index (Phi) is 3.70. The molecule has 0 aliphatic rings. The highest BCUT2D eigenvalue weighted by Crippen LogP contribution is 2.05. The van der Waals surface area contributed by atoms with Crippen molar-refractivity contribution in [3.05, 3.63) is 35.6 Å². The van der Waals surface area contributed by atoms with Crippen molar-refractivity contribution < 1.29 is 9.18 Å². The van der Waals surface area contributed by atoms with Gasteiger partial charge in [0.2, 0.25) is 5.91 Å². The monoisotopic (exact) mass is 227 g/mol. The van der Waals surface area contributed by atoms with Crippen LogP contribution in [0.25, 0.3) is 0 Å². The van der Waals surface area contributed by atoms with Gasteiger partial charge in [-0.3, -0.25) is 4.79 Å². The lowest BCUT2D eigenvalue weighted by Crippen LogP contribution is -2.46. The van der Waals surface area contributed by atoms with Crippen LogP contribution >= 0.6 is 12.2 Å². The molecule has 0 spiro atoms. The summed E-state index contributed by atoms with van der Waals surface area (Å²) >= 11 is 4.52. The van der Waals surface area contributed by atoms with E-state index >= 15 is 0 Å².